The van der Waals surface area contributed by atoms with Gasteiger partial charge in [-0.2, -0.15) is 0 Å². The first kappa shape index (κ1) is 18.4. The predicted molar refractivity (Wildman–Crippen MR) is 97.8 cm³/mol. The van der Waals surface area contributed by atoms with Gasteiger partial charge in [0, 0.05) is 31.7 Å². The van der Waals surface area contributed by atoms with Crippen LogP contribution in [0.15, 0.2) is 24.3 Å². The van der Waals surface area contributed by atoms with Gasteiger partial charge in [0.25, 0.3) is 5.91 Å². The van der Waals surface area contributed by atoms with Gasteiger partial charge in [0.15, 0.2) is 6.61 Å². The first-order valence-corrected chi connectivity index (χ1v) is 9.29. The lowest BCUT2D eigenvalue weighted by atomic mass is 9.92. The molecule has 2 heterocycles. The van der Waals surface area contributed by atoms with Gasteiger partial charge in [-0.25, -0.2) is 4.79 Å². The second kappa shape index (κ2) is 7.89. The Morgan fingerprint density at radius 3 is 2.35 bits per heavy atom. The number of ether oxygens (including phenoxy) is 1. The molecule has 2 amide bonds. The SMILES string of the molecule is C[C@@H]1C[C@H](C)CN(C(=O)COC(=O)c2ccc(N3CCCC3=O)cc2)C1. The third-order valence-corrected chi connectivity index (χ3v) is 5.04. The fourth-order valence-electron chi connectivity index (χ4n) is 3.87. The molecule has 0 bridgehead atoms. The van der Waals surface area contributed by atoms with Crippen molar-refractivity contribution in [2.45, 2.75) is 33.1 Å². The van der Waals surface area contributed by atoms with Gasteiger partial charge in [0.05, 0.1) is 5.56 Å². The van der Waals surface area contributed by atoms with E-state index in [1.807, 2.05) is 0 Å². The molecule has 0 unspecified atom stereocenters. The number of carbonyl (C=O) groups excluding carboxylic acids is 3. The zero-order valence-corrected chi connectivity index (χ0v) is 15.4. The number of likely N-dealkylation sites (tertiary alicyclic amines) is 1. The third kappa shape index (κ3) is 4.23. The molecule has 2 aliphatic heterocycles. The lowest BCUT2D eigenvalue weighted by Crippen LogP contribution is -2.44. The summed E-state index contributed by atoms with van der Waals surface area (Å²) in [6.45, 7) is 6.19. The highest BCUT2D eigenvalue weighted by molar-refractivity contribution is 5.96. The molecule has 0 saturated carbocycles. The Balaban J connectivity index is 1.53. The van der Waals surface area contributed by atoms with Crippen molar-refractivity contribution in [3.8, 4) is 0 Å². The molecular formula is C20H26N2O4. The van der Waals surface area contributed by atoms with E-state index in [0.717, 1.165) is 31.6 Å². The maximum Gasteiger partial charge on any atom is 0.338 e. The van der Waals surface area contributed by atoms with Gasteiger partial charge < -0.3 is 14.5 Å². The van der Waals surface area contributed by atoms with Gasteiger partial charge in [-0.1, -0.05) is 13.8 Å². The number of amides is 2. The van der Waals surface area contributed by atoms with E-state index < -0.39 is 5.97 Å². The van der Waals surface area contributed by atoms with Crippen molar-refractivity contribution in [3.63, 3.8) is 0 Å². The highest BCUT2D eigenvalue weighted by Crippen LogP contribution is 2.22. The number of carbonyl (C=O) groups is 3. The summed E-state index contributed by atoms with van der Waals surface area (Å²) in [5.74, 6) is 0.390. The minimum atomic E-state index is -0.518. The molecule has 0 N–H and O–H groups in total. The van der Waals surface area contributed by atoms with Crippen molar-refractivity contribution >= 4 is 23.5 Å². The molecule has 2 saturated heterocycles. The Labute approximate surface area is 154 Å². The first-order valence-electron chi connectivity index (χ1n) is 9.29. The number of hydrogen-bond donors (Lipinski definition) is 0. The molecule has 2 aliphatic rings. The first-order chi connectivity index (χ1) is 12.4. The molecule has 2 fully saturated rings. The topological polar surface area (TPSA) is 66.9 Å². The molecule has 26 heavy (non-hydrogen) atoms. The van der Waals surface area contributed by atoms with Gasteiger partial charge in [0.1, 0.15) is 0 Å². The number of benzene rings is 1. The number of nitrogens with zero attached hydrogens (tertiary/aromatic N) is 2. The zero-order chi connectivity index (χ0) is 18.7. The van der Waals surface area contributed by atoms with Gasteiger partial charge in [0.2, 0.25) is 5.91 Å². The van der Waals surface area contributed by atoms with Gasteiger partial charge >= 0.3 is 5.97 Å². The van der Waals surface area contributed by atoms with E-state index in [1.54, 1.807) is 34.1 Å². The predicted octanol–water partition coefficient (Wildman–Crippen LogP) is 2.47. The van der Waals surface area contributed by atoms with Crippen LogP contribution >= 0.6 is 0 Å². The molecular weight excluding hydrogens is 332 g/mol. The summed E-state index contributed by atoms with van der Waals surface area (Å²) < 4.78 is 5.19. The molecule has 0 aliphatic carbocycles. The third-order valence-electron chi connectivity index (χ3n) is 5.04. The van der Waals surface area contributed by atoms with Crippen LogP contribution in [-0.2, 0) is 14.3 Å². The van der Waals surface area contributed by atoms with E-state index in [9.17, 15) is 14.4 Å². The minimum absolute atomic E-state index is 0.107. The quantitative estimate of drug-likeness (QED) is 0.776. The molecule has 1 aromatic carbocycles. The zero-order valence-electron chi connectivity index (χ0n) is 15.4. The van der Waals surface area contributed by atoms with E-state index in [4.69, 9.17) is 4.74 Å². The Bertz CT molecular complexity index is 676. The average molecular weight is 358 g/mol. The van der Waals surface area contributed by atoms with Crippen molar-refractivity contribution in [2.24, 2.45) is 11.8 Å². The maximum atomic E-state index is 12.3. The Morgan fingerprint density at radius 1 is 1.12 bits per heavy atom. The van der Waals surface area contributed by atoms with Crippen LogP contribution in [-0.4, -0.2) is 48.9 Å². The van der Waals surface area contributed by atoms with Crippen molar-refractivity contribution < 1.29 is 19.1 Å². The normalized spacial score (nSPS) is 23.2. The molecule has 6 heteroatoms. The number of piperidine rings is 1. The summed E-state index contributed by atoms with van der Waals surface area (Å²) in [5, 5.41) is 0. The van der Waals surface area contributed by atoms with E-state index in [0.29, 0.717) is 30.4 Å². The second-order valence-corrected chi connectivity index (χ2v) is 7.52. The summed E-state index contributed by atoms with van der Waals surface area (Å²) >= 11 is 0. The lowest BCUT2D eigenvalue weighted by molar-refractivity contribution is -0.137. The average Bonchev–Trinajstić information content (AvgIpc) is 3.04. The number of anilines is 1. The fraction of sp³-hybridized carbons (Fsp3) is 0.550. The van der Waals surface area contributed by atoms with Crippen LogP contribution in [0.2, 0.25) is 0 Å². The van der Waals surface area contributed by atoms with Gasteiger partial charge in [-0.15, -0.1) is 0 Å². The molecule has 2 atom stereocenters. The standard InChI is InChI=1S/C20H26N2O4/c1-14-10-15(2)12-21(11-14)19(24)13-26-20(25)16-5-7-17(8-6-16)22-9-3-4-18(22)23/h5-8,14-15H,3-4,9-13H2,1-2H3/t14-,15+. The summed E-state index contributed by atoms with van der Waals surface area (Å²) in [5.41, 5.74) is 1.17. The highest BCUT2D eigenvalue weighted by Gasteiger charge is 2.26. The Kier molecular flexibility index (Phi) is 5.59. The summed E-state index contributed by atoms with van der Waals surface area (Å²) in [7, 11) is 0. The van der Waals surface area contributed by atoms with E-state index in [1.165, 1.54) is 0 Å². The van der Waals surface area contributed by atoms with E-state index >= 15 is 0 Å². The summed E-state index contributed by atoms with van der Waals surface area (Å²) in [6, 6.07) is 6.77. The molecule has 140 valence electrons. The second-order valence-electron chi connectivity index (χ2n) is 7.52. The van der Waals surface area contributed by atoms with Crippen molar-refractivity contribution in [3.05, 3.63) is 29.8 Å². The molecule has 6 nitrogen and oxygen atoms in total. The fourth-order valence-corrected chi connectivity index (χ4v) is 3.87. The smallest absolute Gasteiger partial charge is 0.338 e. The molecule has 0 spiro atoms. The van der Waals surface area contributed by atoms with Crippen LogP contribution in [0, 0.1) is 11.8 Å². The summed E-state index contributed by atoms with van der Waals surface area (Å²) in [4.78, 5) is 39.7. The molecule has 0 aromatic heterocycles. The minimum Gasteiger partial charge on any atom is -0.452 e. The van der Waals surface area contributed by atoms with Gasteiger partial charge in [-0.3, -0.25) is 9.59 Å². The lowest BCUT2D eigenvalue weighted by Gasteiger charge is -2.34. The van der Waals surface area contributed by atoms with Crippen LogP contribution in [0.4, 0.5) is 5.69 Å². The van der Waals surface area contributed by atoms with E-state index in [-0.39, 0.29) is 18.4 Å². The number of rotatable bonds is 4. The molecule has 1 aromatic rings. The van der Waals surface area contributed by atoms with Crippen LogP contribution in [0.3, 0.4) is 0 Å². The van der Waals surface area contributed by atoms with Crippen LogP contribution in [0.25, 0.3) is 0 Å². The van der Waals surface area contributed by atoms with Crippen LogP contribution < -0.4 is 4.90 Å². The largest absolute Gasteiger partial charge is 0.452 e. The van der Waals surface area contributed by atoms with Crippen molar-refractivity contribution in [1.29, 1.82) is 0 Å². The van der Waals surface area contributed by atoms with Crippen LogP contribution in [0.1, 0.15) is 43.5 Å². The highest BCUT2D eigenvalue weighted by atomic mass is 16.5. The van der Waals surface area contributed by atoms with Gasteiger partial charge in [-0.05, 0) is 48.9 Å². The monoisotopic (exact) mass is 358 g/mol. The van der Waals surface area contributed by atoms with Crippen molar-refractivity contribution in [1.82, 2.24) is 4.90 Å². The molecule has 3 rings (SSSR count). The Hall–Kier alpha value is -2.37. The van der Waals surface area contributed by atoms with Crippen LogP contribution in [0.5, 0.6) is 0 Å². The molecule has 0 radical (unpaired) electrons. The number of esters is 1. The Morgan fingerprint density at radius 2 is 1.77 bits per heavy atom. The van der Waals surface area contributed by atoms with E-state index in [2.05, 4.69) is 13.8 Å². The number of hydrogen-bond acceptors (Lipinski definition) is 4. The summed E-state index contributed by atoms with van der Waals surface area (Å²) in [6.07, 6.45) is 2.55. The van der Waals surface area contributed by atoms with Crippen molar-refractivity contribution in [2.75, 3.05) is 31.1 Å². The maximum absolute atomic E-state index is 12.3.